The van der Waals surface area contributed by atoms with Gasteiger partial charge in [0.1, 0.15) is 12.9 Å². The Balaban J connectivity index is -0.0000000000956. The molecular weight excluding hydrogens is 15200 g/mol. The monoisotopic (exact) mass is 15200 g/mol. The zero-order valence-electron chi connectivity index (χ0n) is 48.9. The van der Waals surface area contributed by atoms with E-state index in [1.807, 2.05) is 0 Å². The van der Waals surface area contributed by atoms with Gasteiger partial charge in [-0.25, -0.2) is 4.79 Å². The Morgan fingerprint density at radius 2 is 0.198 bits per heavy atom. The van der Waals surface area contributed by atoms with E-state index >= 15 is 0 Å². The van der Waals surface area contributed by atoms with Crippen LogP contribution in [0.25, 0.3) is 0 Å². The van der Waals surface area contributed by atoms with Crippen LogP contribution in [0.3, 0.4) is 0 Å². The normalized spacial score (nSPS) is 0.694. The van der Waals surface area contributed by atoms with Gasteiger partial charge >= 0.3 is 5.97 Å². The molecule has 0 aliphatic carbocycles. The average Bonchev–Trinajstić information content (AvgIpc) is 2.35. The van der Waals surface area contributed by atoms with Crippen LogP contribution in [-0.2, 0) is 2040 Å². The van der Waals surface area contributed by atoms with Gasteiger partial charge in [0.2, 0.25) is 0 Å². The maximum atomic E-state index is 9.12. The van der Waals surface area contributed by atoms with Crippen molar-refractivity contribution < 1.29 is 2070 Å². The minimum Gasteiger partial charge on any atom is -0.483 e. The summed E-state index contributed by atoms with van der Waals surface area (Å²) in [6.45, 7) is 4.61. The minimum absolute atomic E-state index is 0. The number of carboxylic acids is 1. The maximum absolute atomic E-state index is 9.12. The van der Waals surface area contributed by atoms with Gasteiger partial charge < -0.3 is 30.3 Å². The molecule has 0 saturated heterocycles. The van der Waals surface area contributed by atoms with Gasteiger partial charge in [-0.05, 0) is 0 Å². The van der Waals surface area contributed by atoms with Gasteiger partial charge in [0.25, 0.3) is 6.47 Å². The van der Waals surface area contributed by atoms with Gasteiger partial charge in [-0.15, -0.1) is 13.2 Å². The first kappa shape index (κ1) is 1120. The summed E-state index contributed by atoms with van der Waals surface area (Å²) in [7, 11) is 1.00. The third-order valence-corrected chi connectivity index (χ3v) is 0.210. The number of rotatable bonds is 2. The number of carbonyl (C=O) groups excluding carboxylic acids is 1. The van der Waals surface area contributed by atoms with Gasteiger partial charge in [-0.2, -0.15) is 0 Å². The summed E-state index contributed by atoms with van der Waals surface area (Å²) in [4.78, 5) is 26.4. The molecule has 0 atom stereocenters. The molecule has 5 N–H and O–H groups in total. The Morgan fingerprint density at radius 3 is 0.198 bits per heavy atom. The average molecular weight is 15200 g/mol. The fraction of sp³-hybridized carbons (Fsp3) is 0.545. The molecule has 0 aromatic heterocycles. The molecule has 0 amide bonds. The molecule has 0 unspecified atom stereocenters. The fourth-order valence-corrected chi connectivity index (χ4v) is 0. The molecule has 110 heteroatoms. The molecule has 0 saturated carbocycles. The van der Waals surface area contributed by atoms with Crippen molar-refractivity contribution in [3.05, 3.63) is 13.2 Å². The molecule has 0 aliphatic rings. The van der Waals surface area contributed by atoms with E-state index < -0.39 is 12.6 Å². The standard InChI is InChI=1S/C2H4O3.C2H4O2.C2H4.CH2O2.CH4O.3CH4.30Fe.72W/c3-1-2(4)5;3-1-2-4;1-2;2-1-3;1-2;;;;;;;;;;;;;;;;;;;;;;;;;;;;;;;;;;;;;;;;;;;;;;;;;;;;;;;;;;;;;;;;;;;;;;;;;;;;;;;;;;;;;;;;;;;;;;;;;;;;;;;;;/h3H,1H2,(H,4,5);1,4H,2H2;1-2H2;1H,(H,2,3);2H,1H3;3*1H4;;;;;;;;;;;;;;;;;;;;;;;;;;;;;;;;;;;;;;;;;;;;;;;;;;;;;;;;;;;;;;;;;;;;;;;;;;;;;;;;;;;;;;;;;;;;;;;;;;;;;;. The Hall–Kier alpha value is 63.4. The van der Waals surface area contributed by atoms with Crippen LogP contribution in [0.2, 0.25) is 0 Å². The molecule has 0 aliphatic heterocycles. The number of carboxylic acid groups (broad SMARTS) is 2. The van der Waals surface area contributed by atoms with Gasteiger partial charge in [0.05, 0.1) is 6.61 Å². The molecule has 0 heterocycles. The van der Waals surface area contributed by atoms with E-state index in [1.54, 1.807) is 0 Å². The SMILES string of the molecule is C.C.C.C=C.CO.O=C(O)CO.O=CCO.O=CO.[Fe].[Fe].[Fe].[Fe].[Fe].[Fe].[Fe].[Fe].[Fe].[Fe].[Fe].[Fe].[Fe].[Fe].[Fe].[Fe].[Fe].[Fe].[Fe].[Fe].[Fe].[Fe].[Fe].[Fe].[Fe].[Fe].[Fe].[Fe].[Fe].[Fe].[W].[W].[W].[W].[W].[W].[W].[W].[W].[W].[W].[W].[W].[W].[W].[W].[W].[W].[W].[W].[W].[W].[W].[W].[W].[W].[W].[W].[W].[W].[W].[W].[W].[W].[W].[W].[W].[W].[W].[W].[W].[W].[W].[W].[W].[W].[W].[W].[W].[W].[W].[W].[W].[W].[W].[W].[W].[W].[W].[W].[W].[W].[W].[W].[W].[W].[W].[W].[W].[W].[W].[W]. The summed E-state index contributed by atoms with van der Waals surface area (Å²) >= 11 is 0. The van der Waals surface area contributed by atoms with Crippen LogP contribution in [0.4, 0.5) is 0 Å². The Morgan fingerprint density at radius 1 is 0.182 bits per heavy atom. The first-order valence-corrected chi connectivity index (χ1v) is 3.50. The molecule has 0 aromatic carbocycles. The predicted molar refractivity (Wildman–Crippen MR) is 76.2 cm³/mol. The topological polar surface area (TPSA) is 152 Å². The molecule has 121 heavy (non-hydrogen) atoms. The van der Waals surface area contributed by atoms with Crippen LogP contribution in [0, 0.1) is 0 Å². The van der Waals surface area contributed by atoms with Crippen LogP contribution < -0.4 is 0 Å². The van der Waals surface area contributed by atoms with E-state index in [-0.39, 0.29) is 2060 Å². The van der Waals surface area contributed by atoms with Crippen molar-refractivity contribution in [2.24, 2.45) is 0 Å². The van der Waals surface area contributed by atoms with Crippen LogP contribution in [-0.4, -0.2) is 64.6 Å². The zero-order valence-corrected chi connectivity index (χ0v) is 293. The van der Waals surface area contributed by atoms with Gasteiger partial charge in [0.15, 0.2) is 0 Å². The van der Waals surface area contributed by atoms with Crippen molar-refractivity contribution >= 4 is 18.7 Å². The van der Waals surface area contributed by atoms with E-state index in [4.69, 9.17) is 39.9 Å². The number of hydrogen-bond donors (Lipinski definition) is 5. The second-order valence-corrected chi connectivity index (χ2v) is 1.01. The molecule has 0 fully saturated rings. The fourth-order valence-electron chi connectivity index (χ4n) is 0. The maximum Gasteiger partial charge on any atom is 0.329 e. The van der Waals surface area contributed by atoms with E-state index in [0.717, 1.165) is 7.11 Å². The largest absolute Gasteiger partial charge is 0.483 e. The molecule has 0 spiro atoms. The Bertz CT molecular complexity index is 293. The van der Waals surface area contributed by atoms with Crippen LogP contribution in [0.15, 0.2) is 13.2 Å². The Labute approximate surface area is 2080 Å². The third-order valence-electron chi connectivity index (χ3n) is 0.210. The molecule has 794 valence electrons. The third kappa shape index (κ3) is 1370. The van der Waals surface area contributed by atoms with E-state index in [1.165, 1.54) is 0 Å². The quantitative estimate of drug-likeness (QED) is 0.148. The zero-order chi connectivity index (χ0) is 14.4. The predicted octanol–water partition coefficient (Wildman–Crippen LogP) is 0.00570. The Kier molecular flexibility index (Phi) is 11400. The molecule has 0 aromatic rings. The second-order valence-electron chi connectivity index (χ2n) is 1.01. The minimum atomic E-state index is -1.19. The summed E-state index contributed by atoms with van der Waals surface area (Å²) in [5.41, 5.74) is 0. The van der Waals surface area contributed by atoms with E-state index in [2.05, 4.69) is 13.2 Å². The van der Waals surface area contributed by atoms with Crippen LogP contribution >= 0.6 is 0 Å². The summed E-state index contributed by atoms with van der Waals surface area (Å²) in [6.07, 6.45) is 0.431. The van der Waals surface area contributed by atoms with Crippen molar-refractivity contribution in [1.29, 1.82) is 0 Å². The first-order valence-electron chi connectivity index (χ1n) is 3.50. The van der Waals surface area contributed by atoms with Crippen LogP contribution in [0.5, 0.6) is 0 Å². The van der Waals surface area contributed by atoms with Gasteiger partial charge in [-0.1, -0.05) is 22.3 Å². The van der Waals surface area contributed by atoms with Crippen molar-refractivity contribution in [1.82, 2.24) is 0 Å². The molecule has 0 bridgehead atoms. The second kappa shape index (κ2) is 1230. The number of carbonyl (C=O) groups is 3. The van der Waals surface area contributed by atoms with Crippen molar-refractivity contribution in [2.75, 3.05) is 20.3 Å². The summed E-state index contributed by atoms with van der Waals surface area (Å²) < 4.78 is 0. The number of aldehydes is 1. The first-order chi connectivity index (χ1) is 7.60. The summed E-state index contributed by atoms with van der Waals surface area (Å²) in [5.74, 6) is -1.19. The molecular formula is C11H30Fe30O8W72. The van der Waals surface area contributed by atoms with E-state index in [0.29, 0.717) is 6.29 Å². The van der Waals surface area contributed by atoms with Gasteiger partial charge in [-0.3, -0.25) is 4.79 Å². The van der Waals surface area contributed by atoms with Crippen molar-refractivity contribution in [2.45, 2.75) is 22.3 Å². The summed E-state index contributed by atoms with van der Waals surface area (Å²) in [6, 6.07) is 0. The van der Waals surface area contributed by atoms with Crippen molar-refractivity contribution in [3.8, 4) is 0 Å². The van der Waals surface area contributed by atoms with Crippen LogP contribution in [0.1, 0.15) is 22.3 Å². The molecule has 8 nitrogen and oxygen atoms in total. The number of hydrogen-bond acceptors (Lipinski definition) is 6. The molecule has 0 radical (unpaired) electrons. The number of aliphatic hydroxyl groups excluding tert-OH is 3. The summed E-state index contributed by atoms with van der Waals surface area (Å²) in [5, 5.41) is 36.4. The van der Waals surface area contributed by atoms with Crippen molar-refractivity contribution in [3.63, 3.8) is 0 Å². The smallest absolute Gasteiger partial charge is 0.329 e. The van der Waals surface area contributed by atoms with E-state index in [9.17, 15) is 0 Å². The van der Waals surface area contributed by atoms with Gasteiger partial charge in [0, 0.05) is 2040 Å². The molecule has 0 rings (SSSR count). The number of aliphatic hydroxyl groups is 3. The number of aliphatic carboxylic acids is 1.